The summed E-state index contributed by atoms with van der Waals surface area (Å²) in [5, 5.41) is 15.4. The third-order valence-electron chi connectivity index (χ3n) is 5.10. The van der Waals surface area contributed by atoms with Crippen LogP contribution in [0.4, 0.5) is 5.13 Å². The molecule has 4 aromatic rings. The molecule has 1 amide bonds. The number of aromatic nitrogens is 4. The smallest absolute Gasteiger partial charge is 0.236 e. The van der Waals surface area contributed by atoms with Crippen LogP contribution in [0.5, 0.6) is 5.75 Å². The normalized spacial score (nSPS) is 11.0. The number of nitrogens with zero attached hydrogens (tertiary/aromatic N) is 4. The first-order valence-corrected chi connectivity index (χ1v) is 13.6. The summed E-state index contributed by atoms with van der Waals surface area (Å²) in [5.41, 5.74) is 2.70. The number of thiazole rings is 1. The number of ether oxygens (including phenoxy) is 1. The zero-order valence-corrected chi connectivity index (χ0v) is 22.3. The van der Waals surface area contributed by atoms with Crippen molar-refractivity contribution in [1.29, 1.82) is 0 Å². The summed E-state index contributed by atoms with van der Waals surface area (Å²) in [7, 11) is 0. The molecule has 1 N–H and O–H groups in total. The standard InChI is InChI=1S/C24H23Cl2N5O2S2/c1-3-15-5-8-17(9-6-15)33-12-21-29-30-24(31(21)4-2)35-14-22(32)28-23-27-20(13-34-23)18-10-7-16(25)11-19(18)26/h5-11,13H,3-4,12,14H2,1-2H3,(H,27,28,32). The van der Waals surface area contributed by atoms with Crippen LogP contribution in [0.2, 0.25) is 10.0 Å². The number of benzene rings is 2. The first kappa shape index (κ1) is 25.5. The van der Waals surface area contributed by atoms with Crippen molar-refractivity contribution in [3.05, 3.63) is 69.3 Å². The van der Waals surface area contributed by atoms with E-state index in [4.69, 9.17) is 27.9 Å². The molecule has 0 spiro atoms. The van der Waals surface area contributed by atoms with E-state index in [1.165, 1.54) is 28.7 Å². The van der Waals surface area contributed by atoms with E-state index < -0.39 is 0 Å². The van der Waals surface area contributed by atoms with Crippen molar-refractivity contribution in [3.63, 3.8) is 0 Å². The summed E-state index contributed by atoms with van der Waals surface area (Å²) >= 11 is 14.9. The fourth-order valence-corrected chi connectivity index (χ4v) is 5.31. The molecule has 2 heterocycles. The molecule has 0 aliphatic heterocycles. The predicted octanol–water partition coefficient (Wildman–Crippen LogP) is 6.60. The molecule has 11 heteroatoms. The molecule has 182 valence electrons. The van der Waals surface area contributed by atoms with Gasteiger partial charge in [0.1, 0.15) is 12.4 Å². The fraction of sp³-hybridized carbons (Fsp3) is 0.250. The first-order valence-electron chi connectivity index (χ1n) is 10.9. The second-order valence-electron chi connectivity index (χ2n) is 7.43. The summed E-state index contributed by atoms with van der Waals surface area (Å²) in [6, 6.07) is 13.2. The van der Waals surface area contributed by atoms with Gasteiger partial charge < -0.3 is 14.6 Å². The number of hydrogen-bond donors (Lipinski definition) is 1. The SMILES string of the molecule is CCc1ccc(OCc2nnc(SCC(=O)Nc3nc(-c4ccc(Cl)cc4Cl)cs3)n2CC)cc1. The zero-order chi connectivity index (χ0) is 24.8. The Balaban J connectivity index is 1.32. The van der Waals surface area contributed by atoms with Gasteiger partial charge in [-0.15, -0.1) is 21.5 Å². The molecule has 35 heavy (non-hydrogen) atoms. The Morgan fingerprint density at radius 3 is 2.66 bits per heavy atom. The summed E-state index contributed by atoms with van der Waals surface area (Å²) in [6.45, 7) is 5.09. The molecule has 4 rings (SSSR count). The van der Waals surface area contributed by atoms with Crippen molar-refractivity contribution in [2.75, 3.05) is 11.1 Å². The van der Waals surface area contributed by atoms with Gasteiger partial charge in [-0.05, 0) is 49.2 Å². The Labute approximate surface area is 221 Å². The van der Waals surface area contributed by atoms with E-state index in [-0.39, 0.29) is 11.7 Å². The molecule has 2 aromatic carbocycles. The van der Waals surface area contributed by atoms with E-state index in [1.54, 1.807) is 18.2 Å². The third-order valence-corrected chi connectivity index (χ3v) is 7.37. The number of anilines is 1. The molecule has 2 aromatic heterocycles. The molecule has 0 saturated heterocycles. The Kier molecular flexibility index (Phi) is 8.67. The number of halogens is 2. The zero-order valence-electron chi connectivity index (χ0n) is 19.1. The summed E-state index contributed by atoms with van der Waals surface area (Å²) in [5.74, 6) is 1.48. The fourth-order valence-electron chi connectivity index (χ4n) is 3.26. The number of nitrogens with one attached hydrogen (secondary N) is 1. The molecular formula is C24H23Cl2N5O2S2. The van der Waals surface area contributed by atoms with Gasteiger partial charge in [0.15, 0.2) is 16.1 Å². The summed E-state index contributed by atoms with van der Waals surface area (Å²) < 4.78 is 7.82. The minimum Gasteiger partial charge on any atom is -0.486 e. The number of carbonyl (C=O) groups excluding carboxylic acids is 1. The van der Waals surface area contributed by atoms with Gasteiger partial charge in [0.05, 0.1) is 16.5 Å². The lowest BCUT2D eigenvalue weighted by Gasteiger charge is -2.09. The molecule has 0 atom stereocenters. The van der Waals surface area contributed by atoms with E-state index in [9.17, 15) is 4.79 Å². The number of amides is 1. The van der Waals surface area contributed by atoms with Gasteiger partial charge in [-0.3, -0.25) is 4.79 Å². The maximum Gasteiger partial charge on any atom is 0.236 e. The lowest BCUT2D eigenvalue weighted by molar-refractivity contribution is -0.113. The molecule has 7 nitrogen and oxygen atoms in total. The average molecular weight is 549 g/mol. The van der Waals surface area contributed by atoms with E-state index in [2.05, 4.69) is 39.6 Å². The van der Waals surface area contributed by atoms with Gasteiger partial charge in [-0.25, -0.2) is 4.98 Å². The van der Waals surface area contributed by atoms with Crippen molar-refractivity contribution in [2.45, 2.75) is 38.6 Å². The van der Waals surface area contributed by atoms with Crippen molar-refractivity contribution < 1.29 is 9.53 Å². The Morgan fingerprint density at radius 1 is 1.14 bits per heavy atom. The van der Waals surface area contributed by atoms with Gasteiger partial charge in [0, 0.05) is 22.5 Å². The molecule has 0 radical (unpaired) electrons. The van der Waals surface area contributed by atoms with Crippen LogP contribution >= 0.6 is 46.3 Å². The number of hydrogen-bond acceptors (Lipinski definition) is 7. The van der Waals surface area contributed by atoms with Crippen LogP contribution < -0.4 is 10.1 Å². The Hall–Kier alpha value is -2.59. The topological polar surface area (TPSA) is 81.9 Å². The van der Waals surface area contributed by atoms with Gasteiger partial charge in [-0.1, -0.05) is 54.0 Å². The number of rotatable bonds is 10. The van der Waals surface area contributed by atoms with Gasteiger partial charge in [0.25, 0.3) is 0 Å². The number of thioether (sulfide) groups is 1. The van der Waals surface area contributed by atoms with Crippen LogP contribution in [0.3, 0.4) is 0 Å². The van der Waals surface area contributed by atoms with Crippen LogP contribution in [0.25, 0.3) is 11.3 Å². The van der Waals surface area contributed by atoms with Gasteiger partial charge in [-0.2, -0.15) is 0 Å². The maximum atomic E-state index is 12.5. The van der Waals surface area contributed by atoms with Crippen LogP contribution in [-0.2, 0) is 24.4 Å². The van der Waals surface area contributed by atoms with Crippen LogP contribution in [0.15, 0.2) is 53.0 Å². The lowest BCUT2D eigenvalue weighted by atomic mass is 10.2. The van der Waals surface area contributed by atoms with E-state index >= 15 is 0 Å². The highest BCUT2D eigenvalue weighted by molar-refractivity contribution is 7.99. The maximum absolute atomic E-state index is 12.5. The van der Waals surface area contributed by atoms with E-state index in [0.717, 1.165) is 17.7 Å². The second kappa shape index (κ2) is 11.9. The average Bonchev–Trinajstić information content (AvgIpc) is 3.48. The summed E-state index contributed by atoms with van der Waals surface area (Å²) in [6.07, 6.45) is 0.985. The highest BCUT2D eigenvalue weighted by Crippen LogP contribution is 2.32. The van der Waals surface area contributed by atoms with Gasteiger partial charge >= 0.3 is 0 Å². The Bertz CT molecular complexity index is 1310. The van der Waals surface area contributed by atoms with Gasteiger partial charge in [0.2, 0.25) is 5.91 Å². The minimum atomic E-state index is -0.183. The molecule has 0 bridgehead atoms. The quantitative estimate of drug-likeness (QED) is 0.225. The lowest BCUT2D eigenvalue weighted by Crippen LogP contribution is -2.14. The molecular weight excluding hydrogens is 525 g/mol. The minimum absolute atomic E-state index is 0.175. The Morgan fingerprint density at radius 2 is 1.94 bits per heavy atom. The largest absolute Gasteiger partial charge is 0.486 e. The van der Waals surface area contributed by atoms with Crippen LogP contribution in [0, 0.1) is 0 Å². The molecule has 0 saturated carbocycles. The predicted molar refractivity (Wildman–Crippen MR) is 143 cm³/mol. The number of carbonyl (C=O) groups is 1. The van der Waals surface area contributed by atoms with Crippen molar-refractivity contribution >= 4 is 57.3 Å². The van der Waals surface area contributed by atoms with Crippen molar-refractivity contribution in [3.8, 4) is 17.0 Å². The molecule has 0 aliphatic rings. The van der Waals surface area contributed by atoms with Crippen molar-refractivity contribution in [1.82, 2.24) is 19.7 Å². The highest BCUT2D eigenvalue weighted by Gasteiger charge is 2.15. The first-order chi connectivity index (χ1) is 17.0. The summed E-state index contributed by atoms with van der Waals surface area (Å²) in [4.78, 5) is 17.0. The molecule has 0 fully saturated rings. The van der Waals surface area contributed by atoms with Crippen LogP contribution in [0.1, 0.15) is 25.2 Å². The number of aryl methyl sites for hydroxylation is 1. The van der Waals surface area contributed by atoms with E-state index in [0.29, 0.717) is 45.0 Å². The third kappa shape index (κ3) is 6.55. The van der Waals surface area contributed by atoms with Crippen molar-refractivity contribution in [2.24, 2.45) is 0 Å². The highest BCUT2D eigenvalue weighted by atomic mass is 35.5. The van der Waals surface area contributed by atoms with Crippen LogP contribution in [-0.4, -0.2) is 31.4 Å². The monoisotopic (exact) mass is 547 g/mol. The van der Waals surface area contributed by atoms with E-state index in [1.807, 2.05) is 29.0 Å². The second-order valence-corrected chi connectivity index (χ2v) is 10.1. The molecule has 0 unspecified atom stereocenters. The molecule has 0 aliphatic carbocycles.